The first-order chi connectivity index (χ1) is 19.3. The summed E-state index contributed by atoms with van der Waals surface area (Å²) in [4.78, 5) is 68.2. The summed E-state index contributed by atoms with van der Waals surface area (Å²) >= 11 is 0. The molecule has 5 aliphatic rings. The number of hydrogen-bond donors (Lipinski definition) is 6. The molecule has 6 atom stereocenters. The molecule has 2 bridgehead atoms. The average Bonchev–Trinajstić information content (AvgIpc) is 3.08. The first-order valence-electron chi connectivity index (χ1n) is 12.9. The van der Waals surface area contributed by atoms with Gasteiger partial charge < -0.3 is 30.6 Å². The number of benzene rings is 2. The summed E-state index contributed by atoms with van der Waals surface area (Å²) in [6, 6.07) is 2.61. The third-order valence-corrected chi connectivity index (χ3v) is 9.50. The van der Waals surface area contributed by atoms with Crippen molar-refractivity contribution in [2.75, 3.05) is 0 Å². The highest BCUT2D eigenvalue weighted by Gasteiger charge is 2.76. The van der Waals surface area contributed by atoms with Crippen LogP contribution in [0.5, 0.6) is 17.2 Å². The van der Waals surface area contributed by atoms with Gasteiger partial charge in [-0.2, -0.15) is 0 Å². The van der Waals surface area contributed by atoms with Crippen molar-refractivity contribution in [1.29, 1.82) is 0 Å². The minimum atomic E-state index is -2.35. The number of ketones is 5. The lowest BCUT2D eigenvalue weighted by Gasteiger charge is -2.47. The lowest BCUT2D eigenvalue weighted by atomic mass is 9.53. The standard InChI is InChI=1S/C30H22O11/c1-7-3-9-14(10(31)4-7)26(38)21-13(34)6-12(33)20-17-16-19(28(40)22(27(17)39)30(20,21)29(9)41)24(36)15-11(32)5-8(2)23(35)18(15)25(16)37/h3-5,12,17,20,22,27,31,33,36-39H,6H2,1-2H3/t12?,17?,20?,22?,27?,30-/m0/s1. The van der Waals surface area contributed by atoms with Gasteiger partial charge in [0.15, 0.2) is 28.9 Å². The van der Waals surface area contributed by atoms with Crippen molar-refractivity contribution in [2.24, 2.45) is 17.3 Å². The number of aromatic hydroxyl groups is 3. The smallest absolute Gasteiger partial charge is 0.193 e. The summed E-state index contributed by atoms with van der Waals surface area (Å²) in [5, 5.41) is 67.7. The van der Waals surface area contributed by atoms with Crippen LogP contribution in [0.15, 0.2) is 29.4 Å². The molecule has 0 aromatic heterocycles. The number of carbonyl (C=O) groups is 5. The van der Waals surface area contributed by atoms with Crippen LogP contribution in [0, 0.1) is 24.2 Å². The van der Waals surface area contributed by atoms with E-state index in [9.17, 15) is 54.6 Å². The Morgan fingerprint density at radius 2 is 1.54 bits per heavy atom. The summed E-state index contributed by atoms with van der Waals surface area (Å²) in [5.41, 5.74) is -5.36. The second-order valence-corrected chi connectivity index (χ2v) is 11.5. The van der Waals surface area contributed by atoms with Crippen LogP contribution < -0.4 is 0 Å². The quantitative estimate of drug-likeness (QED) is 0.257. The summed E-state index contributed by atoms with van der Waals surface area (Å²) < 4.78 is 0. The predicted octanol–water partition coefficient (Wildman–Crippen LogP) is 1.81. The Kier molecular flexibility index (Phi) is 4.68. The van der Waals surface area contributed by atoms with Crippen LogP contribution in [0.4, 0.5) is 0 Å². The Morgan fingerprint density at radius 3 is 2.22 bits per heavy atom. The molecule has 2 fully saturated rings. The number of aryl methyl sites for hydroxylation is 1. The Bertz CT molecular complexity index is 1830. The summed E-state index contributed by atoms with van der Waals surface area (Å²) in [6.07, 6.45) is -3.16. The van der Waals surface area contributed by atoms with Gasteiger partial charge in [-0.05, 0) is 37.6 Å². The van der Waals surface area contributed by atoms with E-state index in [1.807, 2.05) is 0 Å². The highest BCUT2D eigenvalue weighted by Crippen LogP contribution is 2.70. The molecule has 5 aliphatic carbocycles. The van der Waals surface area contributed by atoms with E-state index in [2.05, 4.69) is 0 Å². The largest absolute Gasteiger partial charge is 0.507 e. The molecule has 5 unspecified atom stereocenters. The monoisotopic (exact) mass is 558 g/mol. The maximum absolute atomic E-state index is 14.5. The predicted molar refractivity (Wildman–Crippen MR) is 137 cm³/mol. The lowest BCUT2D eigenvalue weighted by molar-refractivity contribution is -0.123. The normalized spacial score (nSPS) is 31.4. The third kappa shape index (κ3) is 2.59. The Morgan fingerprint density at radius 1 is 0.854 bits per heavy atom. The Balaban J connectivity index is 1.61. The molecule has 6 N–H and O–H groups in total. The van der Waals surface area contributed by atoms with Crippen molar-refractivity contribution < 1.29 is 54.6 Å². The average molecular weight is 558 g/mol. The number of phenolic OH excluding ortho intramolecular Hbond substituents is 3. The van der Waals surface area contributed by atoms with Gasteiger partial charge in [0.1, 0.15) is 23.0 Å². The van der Waals surface area contributed by atoms with E-state index >= 15 is 0 Å². The number of aliphatic hydroxyl groups is 3. The van der Waals surface area contributed by atoms with Crippen molar-refractivity contribution in [3.63, 3.8) is 0 Å². The Labute approximate surface area is 230 Å². The zero-order valence-electron chi connectivity index (χ0n) is 21.6. The highest BCUT2D eigenvalue weighted by atomic mass is 16.3. The molecule has 0 heterocycles. The van der Waals surface area contributed by atoms with Crippen LogP contribution >= 0.6 is 0 Å². The summed E-state index contributed by atoms with van der Waals surface area (Å²) in [7, 11) is 0. The fourth-order valence-corrected chi connectivity index (χ4v) is 8.15. The van der Waals surface area contributed by atoms with E-state index in [1.54, 1.807) is 6.92 Å². The molecular weight excluding hydrogens is 536 g/mol. The van der Waals surface area contributed by atoms with Gasteiger partial charge in [-0.15, -0.1) is 0 Å². The van der Waals surface area contributed by atoms with Crippen molar-refractivity contribution in [3.8, 4) is 17.2 Å². The van der Waals surface area contributed by atoms with Gasteiger partial charge in [-0.25, -0.2) is 0 Å². The lowest BCUT2D eigenvalue weighted by Crippen LogP contribution is -2.56. The number of allylic oxidation sites excluding steroid dienone is 3. The number of hydrogen-bond acceptors (Lipinski definition) is 11. The number of Topliss-reactive ketones (excluding diaryl/α,β-unsaturated/α-hetero) is 4. The van der Waals surface area contributed by atoms with Gasteiger partial charge in [0.25, 0.3) is 0 Å². The van der Waals surface area contributed by atoms with Crippen molar-refractivity contribution in [2.45, 2.75) is 38.4 Å². The maximum Gasteiger partial charge on any atom is 0.193 e. The molecule has 0 amide bonds. The molecule has 0 aliphatic heterocycles. The number of phenols is 3. The van der Waals surface area contributed by atoms with Crippen molar-refractivity contribution in [1.82, 2.24) is 0 Å². The zero-order valence-corrected chi connectivity index (χ0v) is 21.6. The zero-order chi connectivity index (χ0) is 29.6. The van der Waals surface area contributed by atoms with E-state index in [0.29, 0.717) is 5.56 Å². The molecule has 0 radical (unpaired) electrons. The molecule has 0 saturated heterocycles. The molecule has 11 nitrogen and oxygen atoms in total. The van der Waals surface area contributed by atoms with E-state index < -0.39 is 122 Å². The van der Waals surface area contributed by atoms with E-state index in [4.69, 9.17) is 0 Å². The molecule has 2 aromatic carbocycles. The maximum atomic E-state index is 14.5. The second kappa shape index (κ2) is 7.56. The third-order valence-electron chi connectivity index (χ3n) is 9.50. The van der Waals surface area contributed by atoms with E-state index in [-0.39, 0.29) is 16.7 Å². The van der Waals surface area contributed by atoms with Crippen LogP contribution in [0.2, 0.25) is 0 Å². The van der Waals surface area contributed by atoms with Gasteiger partial charge in [-0.1, -0.05) is 0 Å². The summed E-state index contributed by atoms with van der Waals surface area (Å²) in [5.74, 6) is -12.4. The fraction of sp³-hybridized carbons (Fsp3) is 0.300. The van der Waals surface area contributed by atoms with Crippen molar-refractivity contribution >= 4 is 34.7 Å². The topological polar surface area (TPSA) is 207 Å². The molecule has 1 spiro atoms. The molecule has 2 saturated carbocycles. The highest BCUT2D eigenvalue weighted by molar-refractivity contribution is 6.29. The molecule has 7 rings (SSSR count). The first kappa shape index (κ1) is 25.4. The molecular formula is C30H22O11. The molecule has 11 heteroatoms. The van der Waals surface area contributed by atoms with Crippen LogP contribution in [0.25, 0.3) is 5.76 Å². The second-order valence-electron chi connectivity index (χ2n) is 11.5. The minimum absolute atomic E-state index is 0.0479. The van der Waals surface area contributed by atoms with Crippen LogP contribution in [-0.2, 0) is 4.79 Å². The Hall–Kier alpha value is -4.61. The fourth-order valence-electron chi connectivity index (χ4n) is 8.15. The molecule has 41 heavy (non-hydrogen) atoms. The minimum Gasteiger partial charge on any atom is -0.507 e. The van der Waals surface area contributed by atoms with Crippen LogP contribution in [0.3, 0.4) is 0 Å². The van der Waals surface area contributed by atoms with Gasteiger partial charge in [0.05, 0.1) is 51.4 Å². The molecule has 208 valence electrons. The van der Waals surface area contributed by atoms with Crippen molar-refractivity contribution in [3.05, 3.63) is 68.3 Å². The summed E-state index contributed by atoms with van der Waals surface area (Å²) in [6.45, 7) is 2.89. The van der Waals surface area contributed by atoms with E-state index in [1.165, 1.54) is 19.1 Å². The van der Waals surface area contributed by atoms with Gasteiger partial charge in [-0.3, -0.25) is 24.0 Å². The van der Waals surface area contributed by atoms with Crippen LogP contribution in [-0.4, -0.2) is 71.8 Å². The van der Waals surface area contributed by atoms with Gasteiger partial charge >= 0.3 is 0 Å². The SMILES string of the molecule is CC1=CC(=O)c2c(O)c3c(c(O)c2C1=O)C1C(O)C(C3=O)[C@@]23C(=O)c4cc(C)cc(O)c4C(O)=C2C(=O)CC(O)C13. The van der Waals surface area contributed by atoms with Crippen LogP contribution in [0.1, 0.15) is 77.4 Å². The number of carbonyl (C=O) groups excluding carboxylic acids is 5. The van der Waals surface area contributed by atoms with Gasteiger partial charge in [0.2, 0.25) is 0 Å². The van der Waals surface area contributed by atoms with E-state index in [0.717, 1.165) is 6.08 Å². The number of fused-ring (bicyclic) bond motifs is 7. The number of rotatable bonds is 0. The number of aliphatic hydroxyl groups excluding tert-OH is 3. The first-order valence-corrected chi connectivity index (χ1v) is 12.9. The van der Waals surface area contributed by atoms with Gasteiger partial charge in [0, 0.05) is 35.0 Å². The molecule has 2 aromatic rings.